The molecular formula is C28H37F3N2O4. The van der Waals surface area contributed by atoms with E-state index in [0.29, 0.717) is 29.8 Å². The highest BCUT2D eigenvalue weighted by atomic mass is 19.4. The average molecular weight is 523 g/mol. The molecule has 0 saturated heterocycles. The van der Waals surface area contributed by atoms with Crippen LogP contribution in [-0.2, 0) is 16.0 Å². The Labute approximate surface area is 217 Å². The topological polar surface area (TPSA) is 67.9 Å². The Kier molecular flexibility index (Phi) is 12.3. The van der Waals surface area contributed by atoms with Gasteiger partial charge in [-0.15, -0.1) is 0 Å². The van der Waals surface area contributed by atoms with Gasteiger partial charge in [0.05, 0.1) is 20.1 Å². The van der Waals surface area contributed by atoms with Gasteiger partial charge >= 0.3 is 18.2 Å². The van der Waals surface area contributed by atoms with E-state index in [-0.39, 0.29) is 24.2 Å². The first-order valence-electron chi connectivity index (χ1n) is 12.7. The van der Waals surface area contributed by atoms with Crippen LogP contribution in [0.1, 0.15) is 57.4 Å². The Hall–Kier alpha value is -3.23. The van der Waals surface area contributed by atoms with Gasteiger partial charge in [0.2, 0.25) is 0 Å². The van der Waals surface area contributed by atoms with Crippen molar-refractivity contribution in [2.45, 2.75) is 64.5 Å². The van der Waals surface area contributed by atoms with E-state index < -0.39 is 19.2 Å². The maximum atomic E-state index is 12.7. The number of urea groups is 1. The fourth-order valence-electron chi connectivity index (χ4n) is 3.75. The first kappa shape index (κ1) is 30.0. The summed E-state index contributed by atoms with van der Waals surface area (Å²) in [5.74, 6) is -0.0958. The number of unbranched alkanes of at least 4 members (excludes halogenated alkanes) is 4. The molecule has 2 aromatic carbocycles. The molecule has 0 unspecified atom stereocenters. The lowest BCUT2D eigenvalue weighted by Gasteiger charge is -2.20. The van der Waals surface area contributed by atoms with Crippen molar-refractivity contribution < 1.29 is 32.2 Å². The van der Waals surface area contributed by atoms with Crippen LogP contribution in [0.2, 0.25) is 0 Å². The van der Waals surface area contributed by atoms with Crippen LogP contribution in [0.3, 0.4) is 0 Å². The third-order valence-electron chi connectivity index (χ3n) is 5.94. The van der Waals surface area contributed by atoms with Gasteiger partial charge in [0, 0.05) is 31.3 Å². The second-order valence-electron chi connectivity index (χ2n) is 8.88. The highest BCUT2D eigenvalue weighted by molar-refractivity contribution is 5.92. The summed E-state index contributed by atoms with van der Waals surface area (Å²) in [5, 5.41) is 2.92. The molecule has 2 aromatic rings. The van der Waals surface area contributed by atoms with Gasteiger partial charge in [0.15, 0.2) is 0 Å². The molecule has 0 radical (unpaired) electrons. The number of hydrogen-bond donors (Lipinski definition) is 1. The van der Waals surface area contributed by atoms with Gasteiger partial charge in [0.25, 0.3) is 0 Å². The Morgan fingerprint density at radius 1 is 1.03 bits per heavy atom. The number of benzene rings is 2. The predicted molar refractivity (Wildman–Crippen MR) is 139 cm³/mol. The molecule has 0 fully saturated rings. The Morgan fingerprint density at radius 2 is 1.78 bits per heavy atom. The SMILES string of the molecule is CCCCCCCNC(=O)N(C)c1cccc(-c2ccc(CCC(=O)OC)cc2OCCC(F)(F)F)c1. The molecule has 204 valence electrons. The molecule has 9 heteroatoms. The standard InChI is InChI=1S/C28H37F3N2O4/c1-4-5-6-7-8-17-32-27(35)33(2)23-11-9-10-22(20-23)24-14-12-21(13-15-26(34)36-3)19-25(24)37-18-16-28(29,30)31/h9-12,14,19-20H,4-8,13,15-18H2,1-3H3,(H,32,35). The summed E-state index contributed by atoms with van der Waals surface area (Å²) in [6.07, 6.45) is 0.579. The highest BCUT2D eigenvalue weighted by Crippen LogP contribution is 2.34. The molecule has 0 saturated carbocycles. The zero-order valence-corrected chi connectivity index (χ0v) is 21.8. The van der Waals surface area contributed by atoms with Crippen LogP contribution in [0.25, 0.3) is 11.1 Å². The van der Waals surface area contributed by atoms with Gasteiger partial charge < -0.3 is 14.8 Å². The number of carbonyl (C=O) groups is 2. The minimum Gasteiger partial charge on any atom is -0.493 e. The van der Waals surface area contributed by atoms with E-state index in [9.17, 15) is 22.8 Å². The van der Waals surface area contributed by atoms with Gasteiger partial charge in [-0.05, 0) is 42.2 Å². The number of amides is 2. The third kappa shape index (κ3) is 10.7. The number of ether oxygens (including phenoxy) is 2. The summed E-state index contributed by atoms with van der Waals surface area (Å²) in [6, 6.07) is 12.2. The van der Waals surface area contributed by atoms with Crippen molar-refractivity contribution in [1.29, 1.82) is 0 Å². The van der Waals surface area contributed by atoms with Crippen molar-refractivity contribution in [2.24, 2.45) is 0 Å². The Morgan fingerprint density at radius 3 is 2.49 bits per heavy atom. The van der Waals surface area contributed by atoms with Gasteiger partial charge in [-0.1, -0.05) is 56.9 Å². The van der Waals surface area contributed by atoms with Crippen molar-refractivity contribution >= 4 is 17.7 Å². The minimum atomic E-state index is -4.34. The van der Waals surface area contributed by atoms with Crippen LogP contribution in [-0.4, -0.2) is 45.5 Å². The molecule has 0 aliphatic carbocycles. The second-order valence-corrected chi connectivity index (χ2v) is 8.88. The largest absolute Gasteiger partial charge is 0.493 e. The van der Waals surface area contributed by atoms with Gasteiger partial charge in [-0.3, -0.25) is 9.69 Å². The lowest BCUT2D eigenvalue weighted by molar-refractivity contribution is -0.141. The average Bonchev–Trinajstić information content (AvgIpc) is 2.88. The quantitative estimate of drug-likeness (QED) is 0.216. The number of hydrogen-bond acceptors (Lipinski definition) is 4. The summed E-state index contributed by atoms with van der Waals surface area (Å²) in [6.45, 7) is 2.22. The van der Waals surface area contributed by atoms with Crippen LogP contribution < -0.4 is 15.0 Å². The molecule has 6 nitrogen and oxygen atoms in total. The molecule has 0 spiro atoms. The van der Waals surface area contributed by atoms with Crippen LogP contribution >= 0.6 is 0 Å². The molecular weight excluding hydrogens is 485 g/mol. The summed E-state index contributed by atoms with van der Waals surface area (Å²) in [5.41, 5.74) is 2.66. The zero-order valence-electron chi connectivity index (χ0n) is 21.8. The van der Waals surface area contributed by atoms with E-state index in [1.54, 1.807) is 43.4 Å². The van der Waals surface area contributed by atoms with E-state index >= 15 is 0 Å². The minimum absolute atomic E-state index is 0.145. The molecule has 1 N–H and O–H groups in total. The number of esters is 1. The number of anilines is 1. The molecule has 2 rings (SSSR count). The van der Waals surface area contributed by atoms with Crippen LogP contribution in [0, 0.1) is 0 Å². The van der Waals surface area contributed by atoms with Crippen LogP contribution in [0.5, 0.6) is 5.75 Å². The monoisotopic (exact) mass is 522 g/mol. The number of methoxy groups -OCH3 is 1. The first-order valence-corrected chi connectivity index (χ1v) is 12.7. The van der Waals surface area contributed by atoms with Crippen LogP contribution in [0.15, 0.2) is 42.5 Å². The Balaban J connectivity index is 2.18. The first-order chi connectivity index (χ1) is 17.6. The van der Waals surface area contributed by atoms with E-state index in [1.165, 1.54) is 18.4 Å². The number of aryl methyl sites for hydroxylation is 1. The fraction of sp³-hybridized carbons (Fsp3) is 0.500. The smallest absolute Gasteiger partial charge is 0.392 e. The number of nitrogens with one attached hydrogen (secondary N) is 1. The molecule has 0 heterocycles. The zero-order chi connectivity index (χ0) is 27.3. The molecule has 0 aliphatic heterocycles. The number of halogens is 3. The fourth-order valence-corrected chi connectivity index (χ4v) is 3.75. The lowest BCUT2D eigenvalue weighted by atomic mass is 10.00. The molecule has 37 heavy (non-hydrogen) atoms. The number of alkyl halides is 3. The predicted octanol–water partition coefficient (Wildman–Crippen LogP) is 6.91. The van der Waals surface area contributed by atoms with Crippen LogP contribution in [0.4, 0.5) is 23.7 Å². The summed E-state index contributed by atoms with van der Waals surface area (Å²) in [4.78, 5) is 25.6. The summed E-state index contributed by atoms with van der Waals surface area (Å²) >= 11 is 0. The van der Waals surface area contributed by atoms with E-state index in [0.717, 1.165) is 31.2 Å². The van der Waals surface area contributed by atoms with Gasteiger partial charge in [0.1, 0.15) is 5.75 Å². The molecule has 0 atom stereocenters. The van der Waals surface area contributed by atoms with Gasteiger partial charge in [-0.2, -0.15) is 13.2 Å². The molecule has 2 amide bonds. The molecule has 0 bridgehead atoms. The maximum absolute atomic E-state index is 12.7. The van der Waals surface area contributed by atoms with E-state index in [4.69, 9.17) is 4.74 Å². The van der Waals surface area contributed by atoms with Crippen molar-refractivity contribution in [3.05, 3.63) is 48.0 Å². The number of carbonyl (C=O) groups excluding carboxylic acids is 2. The second kappa shape index (κ2) is 15.1. The van der Waals surface area contributed by atoms with E-state index in [1.807, 2.05) is 6.07 Å². The summed E-state index contributed by atoms with van der Waals surface area (Å²) in [7, 11) is 2.97. The van der Waals surface area contributed by atoms with Crippen molar-refractivity contribution in [3.63, 3.8) is 0 Å². The summed E-state index contributed by atoms with van der Waals surface area (Å²) < 4.78 is 48.4. The van der Waals surface area contributed by atoms with Gasteiger partial charge in [-0.25, -0.2) is 4.79 Å². The number of nitrogens with zero attached hydrogens (tertiary/aromatic N) is 1. The Bertz CT molecular complexity index is 1010. The van der Waals surface area contributed by atoms with Crippen molar-refractivity contribution in [3.8, 4) is 16.9 Å². The maximum Gasteiger partial charge on any atom is 0.392 e. The number of rotatable bonds is 14. The lowest BCUT2D eigenvalue weighted by Crippen LogP contribution is -2.37. The normalized spacial score (nSPS) is 11.2. The highest BCUT2D eigenvalue weighted by Gasteiger charge is 2.27. The van der Waals surface area contributed by atoms with E-state index in [2.05, 4.69) is 17.0 Å². The molecule has 0 aliphatic rings. The molecule has 0 aromatic heterocycles. The third-order valence-corrected chi connectivity index (χ3v) is 5.94. The van der Waals surface area contributed by atoms with Crippen molar-refractivity contribution in [1.82, 2.24) is 5.32 Å². The van der Waals surface area contributed by atoms with Crippen molar-refractivity contribution in [2.75, 3.05) is 32.2 Å².